The van der Waals surface area contributed by atoms with E-state index in [1.54, 1.807) is 12.1 Å². The van der Waals surface area contributed by atoms with Crippen molar-refractivity contribution >= 4 is 16.8 Å². The summed E-state index contributed by atoms with van der Waals surface area (Å²) in [5, 5.41) is 11.2. The third-order valence-electron chi connectivity index (χ3n) is 6.36. The van der Waals surface area contributed by atoms with E-state index >= 15 is 0 Å². The first-order valence-corrected chi connectivity index (χ1v) is 11.0. The third kappa shape index (κ3) is 3.78. The largest absolute Gasteiger partial charge is 0.510 e. The number of ether oxygens (including phenoxy) is 2. The minimum Gasteiger partial charge on any atom is -0.510 e. The molecule has 0 unspecified atom stereocenters. The third-order valence-corrected chi connectivity index (χ3v) is 6.36. The van der Waals surface area contributed by atoms with Crippen LogP contribution < -0.4 is 4.74 Å². The van der Waals surface area contributed by atoms with Crippen molar-refractivity contribution in [3.63, 3.8) is 0 Å². The molecule has 0 radical (unpaired) electrons. The second-order valence-electron chi connectivity index (χ2n) is 9.19. The van der Waals surface area contributed by atoms with E-state index in [9.17, 15) is 5.11 Å². The molecule has 2 atom stereocenters. The fourth-order valence-corrected chi connectivity index (χ4v) is 4.91. The van der Waals surface area contributed by atoms with Gasteiger partial charge < -0.3 is 14.6 Å². The number of hydrogen-bond acceptors (Lipinski definition) is 5. The van der Waals surface area contributed by atoms with E-state index in [4.69, 9.17) is 14.5 Å². The maximum Gasteiger partial charge on any atom is 0.217 e. The van der Waals surface area contributed by atoms with E-state index < -0.39 is 0 Å². The molecule has 2 heterocycles. The summed E-state index contributed by atoms with van der Waals surface area (Å²) < 4.78 is 12.4. The zero-order valence-electron chi connectivity index (χ0n) is 19.0. The molecule has 0 spiro atoms. The first-order chi connectivity index (χ1) is 15.9. The van der Waals surface area contributed by atoms with Gasteiger partial charge in [0.05, 0.1) is 5.54 Å². The SMILES string of the molecule is Cc1cc(Oc2ccc3cc(C)cc(O)c3n2)[c-]c(C2=N[C@@]3(C)Cc4ccccc4[C@@H]3O2)c1.[Pt]. The van der Waals surface area contributed by atoms with Crippen molar-refractivity contribution in [1.82, 2.24) is 4.98 Å². The van der Waals surface area contributed by atoms with Crippen LogP contribution in [0.3, 0.4) is 0 Å². The van der Waals surface area contributed by atoms with Crippen LogP contribution in [0, 0.1) is 19.9 Å². The number of phenols is 1. The summed E-state index contributed by atoms with van der Waals surface area (Å²) in [6, 6.07) is 23.0. The molecule has 1 aromatic heterocycles. The van der Waals surface area contributed by atoms with Crippen molar-refractivity contribution in [2.45, 2.75) is 38.8 Å². The minimum absolute atomic E-state index is 0. The van der Waals surface area contributed by atoms with Gasteiger partial charge in [-0.2, -0.15) is 0 Å². The Kier molecular flexibility index (Phi) is 5.48. The molecule has 174 valence electrons. The molecule has 1 N–H and O–H groups in total. The van der Waals surface area contributed by atoms with Crippen molar-refractivity contribution in [3.8, 4) is 17.4 Å². The van der Waals surface area contributed by atoms with Gasteiger partial charge in [-0.25, -0.2) is 4.98 Å². The van der Waals surface area contributed by atoms with Crippen LogP contribution in [0.2, 0.25) is 0 Å². The second kappa shape index (κ2) is 8.25. The normalized spacial score (nSPS) is 20.2. The average molecular weight is 631 g/mol. The molecule has 2 aliphatic rings. The van der Waals surface area contributed by atoms with E-state index in [0.29, 0.717) is 23.0 Å². The van der Waals surface area contributed by atoms with E-state index in [2.05, 4.69) is 36.2 Å². The summed E-state index contributed by atoms with van der Waals surface area (Å²) in [4.78, 5) is 9.47. The van der Waals surface area contributed by atoms with E-state index in [1.807, 2.05) is 44.2 Å². The van der Waals surface area contributed by atoms with Crippen LogP contribution in [-0.2, 0) is 32.2 Å². The predicted molar refractivity (Wildman–Crippen MR) is 127 cm³/mol. The topological polar surface area (TPSA) is 63.9 Å². The molecule has 0 fully saturated rings. The Bertz CT molecular complexity index is 1470. The van der Waals surface area contributed by atoms with Crippen molar-refractivity contribution in [1.29, 1.82) is 0 Å². The van der Waals surface area contributed by atoms with E-state index in [1.165, 1.54) is 11.1 Å². The molecular weight excluding hydrogens is 607 g/mol. The number of aromatic nitrogens is 1. The van der Waals surface area contributed by atoms with Crippen molar-refractivity contribution in [3.05, 3.63) is 94.5 Å². The summed E-state index contributed by atoms with van der Waals surface area (Å²) in [5.41, 5.74) is 5.44. The summed E-state index contributed by atoms with van der Waals surface area (Å²) in [6.07, 6.45) is 0.770. The van der Waals surface area contributed by atoms with Gasteiger partial charge in [0, 0.05) is 44.7 Å². The molecule has 1 aliphatic heterocycles. The van der Waals surface area contributed by atoms with Gasteiger partial charge in [-0.1, -0.05) is 48.9 Å². The standard InChI is InChI=1S/C28H23N2O3.Pt/c1-16-11-20(27-30-28(3)15-19-6-4-5-7-22(19)26(28)33-27)14-21(12-16)32-24-9-8-18-10-17(2)13-23(31)25(18)29-24;/h4-13,26,31H,15H2,1-3H3;/q-1;/t26-,28-;/m0./s1. The first-order valence-electron chi connectivity index (χ1n) is 11.0. The first kappa shape index (κ1) is 22.6. The number of phenolic OH excluding ortho intramolecular Hbond substituents is 1. The van der Waals surface area contributed by atoms with Crippen LogP contribution in [0.4, 0.5) is 0 Å². The van der Waals surface area contributed by atoms with Crippen LogP contribution in [0.15, 0.2) is 65.7 Å². The second-order valence-corrected chi connectivity index (χ2v) is 9.19. The van der Waals surface area contributed by atoms with Crippen molar-refractivity contribution < 1.29 is 35.6 Å². The Morgan fingerprint density at radius 1 is 1.06 bits per heavy atom. The monoisotopic (exact) mass is 630 g/mol. The quantitative estimate of drug-likeness (QED) is 0.283. The summed E-state index contributed by atoms with van der Waals surface area (Å²) in [6.45, 7) is 6.08. The zero-order valence-corrected chi connectivity index (χ0v) is 21.3. The van der Waals surface area contributed by atoms with Gasteiger partial charge in [0.15, 0.2) is 0 Å². The van der Waals surface area contributed by atoms with E-state index in [0.717, 1.165) is 28.5 Å². The number of pyridine rings is 1. The number of fused-ring (bicyclic) bond motifs is 4. The number of aryl methyl sites for hydroxylation is 2. The molecule has 34 heavy (non-hydrogen) atoms. The van der Waals surface area contributed by atoms with Crippen LogP contribution >= 0.6 is 0 Å². The molecule has 0 bridgehead atoms. The predicted octanol–water partition coefficient (Wildman–Crippen LogP) is 5.98. The maximum atomic E-state index is 10.3. The molecule has 1 aliphatic carbocycles. The summed E-state index contributed by atoms with van der Waals surface area (Å²) in [7, 11) is 0. The molecule has 4 aromatic rings. The van der Waals surface area contributed by atoms with Gasteiger partial charge in [0.2, 0.25) is 5.88 Å². The van der Waals surface area contributed by atoms with Crippen molar-refractivity contribution in [2.75, 3.05) is 0 Å². The number of nitrogens with zero attached hydrogens (tertiary/aromatic N) is 2. The average Bonchev–Trinajstić information content (AvgIpc) is 3.24. The van der Waals surface area contributed by atoms with Gasteiger partial charge in [-0.3, -0.25) is 4.99 Å². The number of rotatable bonds is 3. The molecule has 0 saturated heterocycles. The number of benzene rings is 3. The van der Waals surface area contributed by atoms with Gasteiger partial charge >= 0.3 is 0 Å². The maximum absolute atomic E-state index is 10.3. The number of aromatic hydroxyl groups is 1. The molecule has 0 amide bonds. The Morgan fingerprint density at radius 2 is 1.85 bits per heavy atom. The van der Waals surface area contributed by atoms with Crippen LogP contribution in [0.25, 0.3) is 10.9 Å². The summed E-state index contributed by atoms with van der Waals surface area (Å²) in [5.74, 6) is 1.64. The van der Waals surface area contributed by atoms with Gasteiger partial charge in [-0.05, 0) is 48.7 Å². The van der Waals surface area contributed by atoms with Crippen LogP contribution in [-0.4, -0.2) is 21.5 Å². The fraction of sp³-hybridized carbons (Fsp3) is 0.214. The number of hydrogen-bond donors (Lipinski definition) is 1. The van der Waals surface area contributed by atoms with Crippen LogP contribution in [0.1, 0.15) is 40.8 Å². The molecular formula is C28H23N2O3Pt-. The molecule has 3 aromatic carbocycles. The molecule has 6 rings (SSSR count). The van der Waals surface area contributed by atoms with Gasteiger partial charge in [0.25, 0.3) is 0 Å². The molecule has 6 heteroatoms. The van der Waals surface area contributed by atoms with Gasteiger partial charge in [0.1, 0.15) is 23.3 Å². The zero-order chi connectivity index (χ0) is 22.7. The minimum atomic E-state index is -0.312. The Labute approximate surface area is 212 Å². The smallest absolute Gasteiger partial charge is 0.217 e. The van der Waals surface area contributed by atoms with Gasteiger partial charge in [-0.15, -0.1) is 11.6 Å². The fourth-order valence-electron chi connectivity index (χ4n) is 4.91. The number of aliphatic imine (C=N–C) groups is 1. The van der Waals surface area contributed by atoms with Crippen LogP contribution in [0.5, 0.6) is 17.4 Å². The Morgan fingerprint density at radius 3 is 2.71 bits per heavy atom. The van der Waals surface area contributed by atoms with E-state index in [-0.39, 0.29) is 38.5 Å². The molecule has 5 nitrogen and oxygen atoms in total. The molecule has 0 saturated carbocycles. The summed E-state index contributed by atoms with van der Waals surface area (Å²) >= 11 is 0. The Hall–Kier alpha value is -3.17. The Balaban J connectivity index is 0.00000241. The van der Waals surface area contributed by atoms with Crippen molar-refractivity contribution in [2.24, 2.45) is 4.99 Å².